The van der Waals surface area contributed by atoms with E-state index in [4.69, 9.17) is 15.2 Å². The predicted octanol–water partition coefficient (Wildman–Crippen LogP) is 0.466. The molecular weight excluding hydrogens is 454 g/mol. The summed E-state index contributed by atoms with van der Waals surface area (Å²) >= 11 is 0. The Kier molecular flexibility index (Phi) is 6.61. The van der Waals surface area contributed by atoms with Crippen LogP contribution in [0.4, 0.5) is 5.69 Å². The lowest BCUT2D eigenvalue weighted by atomic mass is 9.80. The fourth-order valence-corrected chi connectivity index (χ4v) is 3.58. The second-order valence-corrected chi connectivity index (χ2v) is 7.14. The number of esters is 2. The van der Waals surface area contributed by atoms with Gasteiger partial charge in [0.1, 0.15) is 0 Å². The summed E-state index contributed by atoms with van der Waals surface area (Å²) < 4.78 is 14.4. The largest absolute Gasteiger partial charge is 0.466 e. The molecule has 1 atom stereocenters. The average Bonchev–Trinajstić information content (AvgIpc) is 3.17. The number of nitro benzene ring substituents is 1. The minimum atomic E-state index is -1.10. The van der Waals surface area contributed by atoms with Gasteiger partial charge in [-0.3, -0.25) is 19.5 Å². The van der Waals surface area contributed by atoms with E-state index < -0.39 is 46.7 Å². The molecule has 14 heteroatoms. The maximum Gasteiger partial charge on any atom is 0.337 e. The quantitative estimate of drug-likeness (QED) is 0.245. The third kappa shape index (κ3) is 4.41. The summed E-state index contributed by atoms with van der Waals surface area (Å²) in [5.74, 6) is -3.92. The van der Waals surface area contributed by atoms with Crippen LogP contribution in [0.5, 0.6) is 0 Å². The number of primary amides is 1. The molecule has 0 fully saturated rings. The molecule has 0 bridgehead atoms. The van der Waals surface area contributed by atoms with Gasteiger partial charge in [0.15, 0.2) is 6.61 Å². The number of nitro groups is 1. The second-order valence-electron chi connectivity index (χ2n) is 7.14. The van der Waals surface area contributed by atoms with Gasteiger partial charge in [-0.15, -0.1) is 0 Å². The first-order chi connectivity index (χ1) is 16.1. The number of carbonyl (C=O) groups is 3. The third-order valence-electron chi connectivity index (χ3n) is 5.07. The molecule has 1 unspecified atom stereocenters. The SMILES string of the molecule is COC(=O)C1=C(C)NC(C)=C(C(=O)OCc2c(C(N)=O)no[n+]2[O-])C1c1cccc([N+](=O)[O-])c1. The van der Waals surface area contributed by atoms with Gasteiger partial charge < -0.3 is 25.7 Å². The Morgan fingerprint density at radius 3 is 2.47 bits per heavy atom. The molecule has 2 aromatic rings. The van der Waals surface area contributed by atoms with E-state index in [-0.39, 0.29) is 27.3 Å². The van der Waals surface area contributed by atoms with Crippen LogP contribution in [0, 0.1) is 15.3 Å². The van der Waals surface area contributed by atoms with Crippen molar-refractivity contribution >= 4 is 23.5 Å². The van der Waals surface area contributed by atoms with Crippen molar-refractivity contribution in [2.24, 2.45) is 5.73 Å². The lowest BCUT2D eigenvalue weighted by Crippen LogP contribution is -2.34. The summed E-state index contributed by atoms with van der Waals surface area (Å²) in [7, 11) is 1.15. The molecular formula is C20H19N5O9. The van der Waals surface area contributed by atoms with Crippen molar-refractivity contribution in [2.45, 2.75) is 26.4 Å². The number of ether oxygens (including phenoxy) is 2. The highest BCUT2D eigenvalue weighted by Gasteiger charge is 2.39. The Bertz CT molecular complexity index is 1260. The van der Waals surface area contributed by atoms with Gasteiger partial charge >= 0.3 is 17.6 Å². The number of carbonyl (C=O) groups excluding carboxylic acids is 3. The second kappa shape index (κ2) is 9.40. The van der Waals surface area contributed by atoms with Gasteiger partial charge in [0.05, 0.1) is 34.3 Å². The van der Waals surface area contributed by atoms with Crippen LogP contribution in [-0.4, -0.2) is 35.0 Å². The van der Waals surface area contributed by atoms with Gasteiger partial charge in [-0.25, -0.2) is 9.59 Å². The summed E-state index contributed by atoms with van der Waals surface area (Å²) in [6.07, 6.45) is 0. The van der Waals surface area contributed by atoms with Crippen molar-refractivity contribution in [1.82, 2.24) is 10.5 Å². The minimum Gasteiger partial charge on any atom is -0.466 e. The van der Waals surface area contributed by atoms with Gasteiger partial charge in [-0.05, 0) is 24.3 Å². The van der Waals surface area contributed by atoms with Crippen LogP contribution >= 0.6 is 0 Å². The molecule has 3 N–H and O–H groups in total. The van der Waals surface area contributed by atoms with Crippen LogP contribution in [0.3, 0.4) is 0 Å². The lowest BCUT2D eigenvalue weighted by Gasteiger charge is -2.30. The van der Waals surface area contributed by atoms with E-state index in [2.05, 4.69) is 15.1 Å². The van der Waals surface area contributed by atoms with Gasteiger partial charge in [0.2, 0.25) is 5.69 Å². The first-order valence-electron chi connectivity index (χ1n) is 9.63. The van der Waals surface area contributed by atoms with Gasteiger partial charge in [-0.1, -0.05) is 12.1 Å². The van der Waals surface area contributed by atoms with Crippen LogP contribution in [0.2, 0.25) is 0 Å². The van der Waals surface area contributed by atoms with Crippen molar-refractivity contribution < 1.29 is 38.3 Å². The standard InChI is InChI=1S/C20H19N5O9/c1-9-14(19(27)32-3)16(11-5-4-6-12(7-11)24(29)30)15(10(2)22-9)20(28)33-8-13-17(18(21)26)23-34-25(13)31/h4-7,16,22H,8H2,1-3H3,(H2,21,26). The summed E-state index contributed by atoms with van der Waals surface area (Å²) in [5, 5.41) is 29.2. The smallest absolute Gasteiger partial charge is 0.337 e. The Labute approximate surface area is 191 Å². The average molecular weight is 473 g/mol. The van der Waals surface area contributed by atoms with E-state index in [0.717, 1.165) is 7.11 Å². The highest BCUT2D eigenvalue weighted by molar-refractivity contribution is 6.00. The van der Waals surface area contributed by atoms with E-state index >= 15 is 0 Å². The van der Waals surface area contributed by atoms with Crippen LogP contribution in [-0.2, 0) is 25.7 Å². The molecule has 1 aliphatic rings. The van der Waals surface area contributed by atoms with E-state index in [1.165, 1.54) is 24.3 Å². The molecule has 34 heavy (non-hydrogen) atoms. The topological polar surface area (TPSA) is 204 Å². The van der Waals surface area contributed by atoms with Gasteiger partial charge in [0, 0.05) is 23.5 Å². The molecule has 1 aromatic heterocycles. The number of aromatic nitrogens is 2. The van der Waals surface area contributed by atoms with E-state index in [9.17, 15) is 29.7 Å². The van der Waals surface area contributed by atoms with Crippen molar-refractivity contribution in [1.29, 1.82) is 0 Å². The van der Waals surface area contributed by atoms with Gasteiger partial charge in [0.25, 0.3) is 11.6 Å². The molecule has 1 aliphatic heterocycles. The molecule has 0 saturated carbocycles. The number of amides is 1. The summed E-state index contributed by atoms with van der Waals surface area (Å²) in [6.45, 7) is 2.40. The van der Waals surface area contributed by atoms with Crippen molar-refractivity contribution in [2.75, 3.05) is 7.11 Å². The van der Waals surface area contributed by atoms with Crippen LogP contribution < -0.4 is 16.0 Å². The number of nitrogens with one attached hydrogen (secondary N) is 1. The maximum absolute atomic E-state index is 13.2. The molecule has 178 valence electrons. The summed E-state index contributed by atoms with van der Waals surface area (Å²) in [6, 6.07) is 5.41. The number of nitrogens with zero attached hydrogens (tertiary/aromatic N) is 3. The number of dihydropyridines is 1. The predicted molar refractivity (Wildman–Crippen MR) is 110 cm³/mol. The molecule has 2 heterocycles. The number of nitrogens with two attached hydrogens (primary N) is 1. The first-order valence-corrected chi connectivity index (χ1v) is 9.63. The van der Waals surface area contributed by atoms with E-state index in [0.29, 0.717) is 11.4 Å². The minimum absolute atomic E-state index is 0.0299. The zero-order valence-electron chi connectivity index (χ0n) is 18.2. The van der Waals surface area contributed by atoms with Gasteiger partial charge in [-0.2, -0.15) is 0 Å². The lowest BCUT2D eigenvalue weighted by molar-refractivity contribution is -0.809. The van der Waals surface area contributed by atoms with Crippen LogP contribution in [0.1, 0.15) is 41.5 Å². The number of rotatable bonds is 7. The molecule has 3 rings (SSSR count). The van der Waals surface area contributed by atoms with Crippen molar-refractivity contribution in [3.05, 3.63) is 79.1 Å². The van der Waals surface area contributed by atoms with E-state index in [1.807, 2.05) is 0 Å². The first kappa shape index (κ1) is 23.9. The summed E-state index contributed by atoms with van der Waals surface area (Å²) in [5.41, 5.74) is 4.79. The third-order valence-corrected chi connectivity index (χ3v) is 5.07. The van der Waals surface area contributed by atoms with Crippen LogP contribution in [0.25, 0.3) is 0 Å². The molecule has 1 aromatic carbocycles. The van der Waals surface area contributed by atoms with Crippen molar-refractivity contribution in [3.63, 3.8) is 0 Å². The molecule has 0 aliphatic carbocycles. The Morgan fingerprint density at radius 2 is 1.88 bits per heavy atom. The number of methoxy groups -OCH3 is 1. The Morgan fingerprint density at radius 1 is 1.24 bits per heavy atom. The zero-order valence-corrected chi connectivity index (χ0v) is 18.2. The summed E-state index contributed by atoms with van der Waals surface area (Å²) in [4.78, 5) is 47.8. The fourth-order valence-electron chi connectivity index (χ4n) is 3.58. The molecule has 0 spiro atoms. The monoisotopic (exact) mass is 473 g/mol. The van der Waals surface area contributed by atoms with Crippen LogP contribution in [0.15, 0.2) is 51.4 Å². The number of allylic oxidation sites excluding steroid dienone is 2. The Hall–Kier alpha value is -4.75. The molecule has 0 radical (unpaired) electrons. The highest BCUT2D eigenvalue weighted by Crippen LogP contribution is 2.40. The maximum atomic E-state index is 13.2. The molecule has 1 amide bonds. The number of benzene rings is 1. The highest BCUT2D eigenvalue weighted by atomic mass is 16.8. The molecule has 14 nitrogen and oxygen atoms in total. The number of non-ortho nitro benzene ring substituents is 1. The fraction of sp³-hybridized carbons (Fsp3) is 0.250. The number of hydrogen-bond acceptors (Lipinski definition) is 11. The molecule has 0 saturated heterocycles. The van der Waals surface area contributed by atoms with E-state index in [1.54, 1.807) is 13.8 Å². The van der Waals surface area contributed by atoms with Crippen molar-refractivity contribution in [3.8, 4) is 0 Å². The zero-order chi connectivity index (χ0) is 25.2. The normalized spacial score (nSPS) is 15.6. The Balaban J connectivity index is 2.05. The number of hydrogen-bond donors (Lipinski definition) is 2.